The standard InChI is InChI=1S/C13H22N2O3/c1-2-3-4-5-6-7-8-12(17)15-10-11(16)14-9-13(15)18/h2-10H2,1H3,(H,14,16). The minimum Gasteiger partial charge on any atom is -0.345 e. The molecule has 0 atom stereocenters. The molecule has 1 aliphatic heterocycles. The summed E-state index contributed by atoms with van der Waals surface area (Å²) in [7, 11) is 0. The lowest BCUT2D eigenvalue weighted by atomic mass is 10.1. The summed E-state index contributed by atoms with van der Waals surface area (Å²) in [5, 5.41) is 2.42. The van der Waals surface area contributed by atoms with E-state index in [4.69, 9.17) is 0 Å². The molecule has 0 bridgehead atoms. The van der Waals surface area contributed by atoms with Crippen LogP contribution < -0.4 is 5.32 Å². The molecule has 1 heterocycles. The van der Waals surface area contributed by atoms with Crippen molar-refractivity contribution in [2.75, 3.05) is 13.1 Å². The quantitative estimate of drug-likeness (QED) is 0.695. The molecule has 0 radical (unpaired) electrons. The summed E-state index contributed by atoms with van der Waals surface area (Å²) in [6.07, 6.45) is 6.96. The average Bonchev–Trinajstić information content (AvgIpc) is 2.36. The summed E-state index contributed by atoms with van der Waals surface area (Å²) in [5.74, 6) is -0.776. The molecule has 0 spiro atoms. The molecule has 0 aromatic carbocycles. The van der Waals surface area contributed by atoms with E-state index in [0.717, 1.165) is 24.2 Å². The van der Waals surface area contributed by atoms with Crippen LogP contribution in [0.5, 0.6) is 0 Å². The second-order valence-electron chi connectivity index (χ2n) is 4.67. The van der Waals surface area contributed by atoms with E-state index in [2.05, 4.69) is 12.2 Å². The van der Waals surface area contributed by atoms with Gasteiger partial charge in [-0.3, -0.25) is 19.3 Å². The fourth-order valence-corrected chi connectivity index (χ4v) is 1.98. The maximum atomic E-state index is 11.8. The number of nitrogens with zero attached hydrogens (tertiary/aromatic N) is 1. The lowest BCUT2D eigenvalue weighted by Crippen LogP contribution is -2.53. The van der Waals surface area contributed by atoms with E-state index in [1.807, 2.05) is 0 Å². The number of piperazine rings is 1. The van der Waals surface area contributed by atoms with Crippen molar-refractivity contribution in [2.45, 2.75) is 51.9 Å². The molecule has 18 heavy (non-hydrogen) atoms. The molecular formula is C13H22N2O3. The van der Waals surface area contributed by atoms with Gasteiger partial charge >= 0.3 is 0 Å². The van der Waals surface area contributed by atoms with Gasteiger partial charge in [-0.15, -0.1) is 0 Å². The van der Waals surface area contributed by atoms with Crippen LogP contribution in [-0.2, 0) is 14.4 Å². The Morgan fingerprint density at radius 1 is 1.17 bits per heavy atom. The summed E-state index contributed by atoms with van der Waals surface area (Å²) in [6, 6.07) is 0. The van der Waals surface area contributed by atoms with Gasteiger partial charge in [0.1, 0.15) is 6.54 Å². The van der Waals surface area contributed by atoms with Crippen LogP contribution in [0.2, 0.25) is 0 Å². The number of hydrogen-bond donors (Lipinski definition) is 1. The van der Waals surface area contributed by atoms with E-state index in [0.29, 0.717) is 6.42 Å². The number of nitrogens with one attached hydrogen (secondary N) is 1. The predicted molar refractivity (Wildman–Crippen MR) is 67.7 cm³/mol. The van der Waals surface area contributed by atoms with Crippen LogP contribution in [0.3, 0.4) is 0 Å². The number of rotatable bonds is 7. The van der Waals surface area contributed by atoms with Crippen molar-refractivity contribution in [2.24, 2.45) is 0 Å². The first-order chi connectivity index (χ1) is 8.65. The van der Waals surface area contributed by atoms with Crippen molar-refractivity contribution >= 4 is 17.7 Å². The van der Waals surface area contributed by atoms with Gasteiger partial charge in [-0.1, -0.05) is 39.0 Å². The topological polar surface area (TPSA) is 66.5 Å². The maximum absolute atomic E-state index is 11.8. The number of imide groups is 1. The van der Waals surface area contributed by atoms with E-state index in [-0.39, 0.29) is 30.8 Å². The molecule has 0 unspecified atom stereocenters. The van der Waals surface area contributed by atoms with E-state index >= 15 is 0 Å². The number of carbonyl (C=O) groups is 3. The molecule has 1 saturated heterocycles. The summed E-state index contributed by atoms with van der Waals surface area (Å²) in [5.41, 5.74) is 0. The van der Waals surface area contributed by atoms with Crippen LogP contribution in [0.1, 0.15) is 51.9 Å². The molecule has 1 N–H and O–H groups in total. The first-order valence-corrected chi connectivity index (χ1v) is 6.75. The zero-order valence-electron chi connectivity index (χ0n) is 11.0. The van der Waals surface area contributed by atoms with Gasteiger partial charge in [-0.2, -0.15) is 0 Å². The van der Waals surface area contributed by atoms with Gasteiger partial charge in [-0.05, 0) is 6.42 Å². The fraction of sp³-hybridized carbons (Fsp3) is 0.769. The summed E-state index contributed by atoms with van der Waals surface area (Å²) in [4.78, 5) is 35.4. The molecule has 0 saturated carbocycles. The molecule has 5 nitrogen and oxygen atoms in total. The Morgan fingerprint density at radius 2 is 1.83 bits per heavy atom. The molecule has 1 fully saturated rings. The predicted octanol–water partition coefficient (Wildman–Crippen LogP) is 1.22. The van der Waals surface area contributed by atoms with E-state index in [9.17, 15) is 14.4 Å². The Bertz CT molecular complexity index is 315. The fourth-order valence-electron chi connectivity index (χ4n) is 1.98. The van der Waals surface area contributed by atoms with E-state index < -0.39 is 0 Å². The van der Waals surface area contributed by atoms with Crippen molar-refractivity contribution in [1.82, 2.24) is 10.2 Å². The van der Waals surface area contributed by atoms with Crippen LogP contribution in [0.15, 0.2) is 0 Å². The lowest BCUT2D eigenvalue weighted by molar-refractivity contribution is -0.150. The van der Waals surface area contributed by atoms with Gasteiger partial charge in [-0.25, -0.2) is 0 Å². The highest BCUT2D eigenvalue weighted by Crippen LogP contribution is 2.09. The largest absolute Gasteiger partial charge is 0.345 e. The van der Waals surface area contributed by atoms with Crippen molar-refractivity contribution in [3.63, 3.8) is 0 Å². The SMILES string of the molecule is CCCCCCCCC(=O)N1CC(=O)NCC1=O. The number of unbranched alkanes of at least 4 members (excludes halogenated alkanes) is 5. The second-order valence-corrected chi connectivity index (χ2v) is 4.67. The van der Waals surface area contributed by atoms with Crippen LogP contribution in [0.25, 0.3) is 0 Å². The highest BCUT2D eigenvalue weighted by Gasteiger charge is 2.27. The Balaban J connectivity index is 2.19. The lowest BCUT2D eigenvalue weighted by Gasteiger charge is -2.24. The second kappa shape index (κ2) is 7.84. The van der Waals surface area contributed by atoms with Crippen LogP contribution >= 0.6 is 0 Å². The zero-order valence-corrected chi connectivity index (χ0v) is 11.0. The minimum absolute atomic E-state index is 0.0545. The summed E-state index contributed by atoms with van der Waals surface area (Å²) < 4.78 is 0. The summed E-state index contributed by atoms with van der Waals surface area (Å²) in [6.45, 7) is 1.99. The Kier molecular flexibility index (Phi) is 6.39. The summed E-state index contributed by atoms with van der Waals surface area (Å²) >= 11 is 0. The van der Waals surface area contributed by atoms with E-state index in [1.165, 1.54) is 19.3 Å². The molecule has 0 aromatic rings. The van der Waals surface area contributed by atoms with Gasteiger partial charge in [0.2, 0.25) is 17.7 Å². The molecule has 3 amide bonds. The Hall–Kier alpha value is -1.39. The first-order valence-electron chi connectivity index (χ1n) is 6.75. The molecule has 0 aliphatic carbocycles. The molecule has 1 rings (SSSR count). The third-order valence-corrected chi connectivity index (χ3v) is 3.08. The number of carbonyl (C=O) groups excluding carboxylic acids is 3. The number of amides is 3. The maximum Gasteiger partial charge on any atom is 0.249 e. The van der Waals surface area contributed by atoms with Gasteiger partial charge in [0, 0.05) is 6.42 Å². The third kappa shape index (κ3) is 4.85. The van der Waals surface area contributed by atoms with Crippen LogP contribution in [0.4, 0.5) is 0 Å². The molecule has 5 heteroatoms. The third-order valence-electron chi connectivity index (χ3n) is 3.08. The van der Waals surface area contributed by atoms with Crippen LogP contribution in [0, 0.1) is 0 Å². The van der Waals surface area contributed by atoms with Gasteiger partial charge < -0.3 is 5.32 Å². The number of hydrogen-bond acceptors (Lipinski definition) is 3. The smallest absolute Gasteiger partial charge is 0.249 e. The van der Waals surface area contributed by atoms with Crippen molar-refractivity contribution in [3.8, 4) is 0 Å². The zero-order chi connectivity index (χ0) is 13.4. The molecule has 102 valence electrons. The Labute approximate surface area is 108 Å². The monoisotopic (exact) mass is 254 g/mol. The van der Waals surface area contributed by atoms with E-state index in [1.54, 1.807) is 0 Å². The molecular weight excluding hydrogens is 232 g/mol. The van der Waals surface area contributed by atoms with Crippen molar-refractivity contribution in [3.05, 3.63) is 0 Å². The van der Waals surface area contributed by atoms with Crippen molar-refractivity contribution in [1.29, 1.82) is 0 Å². The van der Waals surface area contributed by atoms with Gasteiger partial charge in [0.25, 0.3) is 0 Å². The van der Waals surface area contributed by atoms with Gasteiger partial charge in [0.15, 0.2) is 0 Å². The molecule has 0 aromatic heterocycles. The average molecular weight is 254 g/mol. The minimum atomic E-state index is -0.300. The first kappa shape index (κ1) is 14.7. The van der Waals surface area contributed by atoms with Crippen molar-refractivity contribution < 1.29 is 14.4 Å². The van der Waals surface area contributed by atoms with Gasteiger partial charge in [0.05, 0.1) is 6.54 Å². The Morgan fingerprint density at radius 3 is 2.56 bits per heavy atom. The highest BCUT2D eigenvalue weighted by molar-refractivity contribution is 6.03. The highest BCUT2D eigenvalue weighted by atomic mass is 16.2. The van der Waals surface area contributed by atoms with Crippen LogP contribution in [-0.4, -0.2) is 35.7 Å². The molecule has 1 aliphatic rings. The normalized spacial score (nSPS) is 15.7.